The molecule has 0 saturated heterocycles. The van der Waals surface area contributed by atoms with E-state index in [1.807, 2.05) is 13.8 Å². The first-order valence-corrected chi connectivity index (χ1v) is 6.18. The van der Waals surface area contributed by atoms with Crippen molar-refractivity contribution in [2.24, 2.45) is 17.6 Å². The number of amides is 1. The maximum atomic E-state index is 11.7. The maximum Gasteiger partial charge on any atom is 0.224 e. The van der Waals surface area contributed by atoms with E-state index >= 15 is 0 Å². The fourth-order valence-corrected chi connectivity index (χ4v) is 1.44. The smallest absolute Gasteiger partial charge is 0.224 e. The molecule has 0 saturated carbocycles. The lowest BCUT2D eigenvalue weighted by molar-refractivity contribution is -0.126. The van der Waals surface area contributed by atoms with E-state index in [2.05, 4.69) is 5.32 Å². The van der Waals surface area contributed by atoms with E-state index in [0.29, 0.717) is 32.9 Å². The van der Waals surface area contributed by atoms with Crippen molar-refractivity contribution in [2.45, 2.75) is 20.3 Å². The van der Waals surface area contributed by atoms with Crippen LogP contribution in [-0.2, 0) is 14.3 Å². The predicted molar refractivity (Wildman–Crippen MR) is 67.7 cm³/mol. The van der Waals surface area contributed by atoms with Crippen LogP contribution >= 0.6 is 0 Å². The summed E-state index contributed by atoms with van der Waals surface area (Å²) in [4.78, 5) is 11.7. The largest absolute Gasteiger partial charge is 0.382 e. The van der Waals surface area contributed by atoms with Crippen molar-refractivity contribution in [3.05, 3.63) is 0 Å². The van der Waals surface area contributed by atoms with Crippen molar-refractivity contribution in [3.63, 3.8) is 0 Å². The van der Waals surface area contributed by atoms with Gasteiger partial charge in [0, 0.05) is 26.8 Å². The zero-order valence-corrected chi connectivity index (χ0v) is 11.2. The molecule has 5 heteroatoms. The highest BCUT2D eigenvalue weighted by atomic mass is 16.5. The summed E-state index contributed by atoms with van der Waals surface area (Å²) in [6, 6.07) is 0. The quantitative estimate of drug-likeness (QED) is 0.547. The summed E-state index contributed by atoms with van der Waals surface area (Å²) < 4.78 is 10.1. The molecule has 0 heterocycles. The van der Waals surface area contributed by atoms with Gasteiger partial charge in [-0.2, -0.15) is 0 Å². The van der Waals surface area contributed by atoms with E-state index < -0.39 is 0 Å². The summed E-state index contributed by atoms with van der Waals surface area (Å²) in [5.74, 6) is 0.224. The third kappa shape index (κ3) is 8.12. The van der Waals surface area contributed by atoms with Crippen molar-refractivity contribution in [1.29, 1.82) is 0 Å². The van der Waals surface area contributed by atoms with Crippen molar-refractivity contribution in [1.82, 2.24) is 5.32 Å². The summed E-state index contributed by atoms with van der Waals surface area (Å²) in [7, 11) is 1.64. The number of nitrogens with one attached hydrogen (secondary N) is 1. The molecule has 0 bridgehead atoms. The van der Waals surface area contributed by atoms with Gasteiger partial charge in [0.15, 0.2) is 0 Å². The fourth-order valence-electron chi connectivity index (χ4n) is 1.44. The summed E-state index contributed by atoms with van der Waals surface area (Å²) in [6.45, 7) is 6.88. The lowest BCUT2D eigenvalue weighted by Gasteiger charge is -2.18. The highest BCUT2D eigenvalue weighted by Gasteiger charge is 2.19. The molecule has 0 aromatic carbocycles. The van der Waals surface area contributed by atoms with Gasteiger partial charge in [0.1, 0.15) is 0 Å². The SMILES string of the molecule is COCCOCCCNC(=O)C(CN)C(C)C. The highest BCUT2D eigenvalue weighted by Crippen LogP contribution is 2.08. The Hall–Kier alpha value is -0.650. The Kier molecular flexibility index (Phi) is 10.1. The number of nitrogens with two attached hydrogens (primary N) is 1. The predicted octanol–water partition coefficient (Wildman–Crippen LogP) is 0.387. The molecule has 17 heavy (non-hydrogen) atoms. The number of carbonyl (C=O) groups is 1. The van der Waals surface area contributed by atoms with Gasteiger partial charge < -0.3 is 20.5 Å². The summed E-state index contributed by atoms with van der Waals surface area (Å²) in [5.41, 5.74) is 5.56. The molecule has 0 aromatic heterocycles. The summed E-state index contributed by atoms with van der Waals surface area (Å²) in [6.07, 6.45) is 0.810. The van der Waals surface area contributed by atoms with Gasteiger partial charge in [-0.05, 0) is 12.3 Å². The molecule has 0 radical (unpaired) electrons. The van der Waals surface area contributed by atoms with Crippen molar-refractivity contribution in [2.75, 3.05) is 40.0 Å². The first-order chi connectivity index (χ1) is 8.13. The summed E-state index contributed by atoms with van der Waals surface area (Å²) in [5, 5.41) is 2.88. The van der Waals surface area contributed by atoms with Crippen LogP contribution in [0.2, 0.25) is 0 Å². The van der Waals surface area contributed by atoms with Crippen LogP contribution in [0.15, 0.2) is 0 Å². The Morgan fingerprint density at radius 1 is 1.29 bits per heavy atom. The van der Waals surface area contributed by atoms with Gasteiger partial charge in [-0.25, -0.2) is 0 Å². The zero-order valence-electron chi connectivity index (χ0n) is 11.2. The topological polar surface area (TPSA) is 73.6 Å². The van der Waals surface area contributed by atoms with E-state index in [0.717, 1.165) is 6.42 Å². The van der Waals surface area contributed by atoms with Gasteiger partial charge in [-0.15, -0.1) is 0 Å². The van der Waals surface area contributed by atoms with Gasteiger partial charge in [-0.1, -0.05) is 13.8 Å². The molecular formula is C12H26N2O3. The van der Waals surface area contributed by atoms with Crippen molar-refractivity contribution in [3.8, 4) is 0 Å². The number of ether oxygens (including phenoxy) is 2. The monoisotopic (exact) mass is 246 g/mol. The molecule has 0 spiro atoms. The lowest BCUT2D eigenvalue weighted by Crippen LogP contribution is -2.38. The minimum Gasteiger partial charge on any atom is -0.382 e. The number of carbonyl (C=O) groups excluding carboxylic acids is 1. The molecule has 0 fully saturated rings. The van der Waals surface area contributed by atoms with Crippen LogP contribution in [0.4, 0.5) is 0 Å². The lowest BCUT2D eigenvalue weighted by atomic mass is 9.95. The van der Waals surface area contributed by atoms with Crippen LogP contribution in [-0.4, -0.2) is 45.9 Å². The number of methoxy groups -OCH3 is 1. The minimum absolute atomic E-state index is 0.0411. The molecular weight excluding hydrogens is 220 g/mol. The third-order valence-electron chi connectivity index (χ3n) is 2.59. The van der Waals surface area contributed by atoms with Crippen LogP contribution in [0.1, 0.15) is 20.3 Å². The fraction of sp³-hybridized carbons (Fsp3) is 0.917. The molecule has 1 atom stereocenters. The number of rotatable bonds is 10. The first kappa shape index (κ1) is 16.4. The van der Waals surface area contributed by atoms with Gasteiger partial charge in [0.25, 0.3) is 0 Å². The normalized spacial score (nSPS) is 12.8. The van der Waals surface area contributed by atoms with Gasteiger partial charge in [0.05, 0.1) is 19.1 Å². The zero-order chi connectivity index (χ0) is 13.1. The minimum atomic E-state index is -0.0931. The first-order valence-electron chi connectivity index (χ1n) is 6.18. The Balaban J connectivity index is 3.50. The van der Waals surface area contributed by atoms with Crippen LogP contribution in [0.5, 0.6) is 0 Å². The average molecular weight is 246 g/mol. The van der Waals surface area contributed by atoms with E-state index in [9.17, 15) is 4.79 Å². The molecule has 0 rings (SSSR count). The number of hydrogen-bond acceptors (Lipinski definition) is 4. The molecule has 3 N–H and O–H groups in total. The highest BCUT2D eigenvalue weighted by molar-refractivity contribution is 5.79. The Bertz CT molecular complexity index is 198. The summed E-state index contributed by atoms with van der Waals surface area (Å²) >= 11 is 0. The van der Waals surface area contributed by atoms with E-state index in [1.54, 1.807) is 7.11 Å². The Morgan fingerprint density at radius 3 is 2.53 bits per heavy atom. The maximum absolute atomic E-state index is 11.7. The third-order valence-corrected chi connectivity index (χ3v) is 2.59. The second-order valence-corrected chi connectivity index (χ2v) is 4.34. The van der Waals surface area contributed by atoms with E-state index in [1.165, 1.54) is 0 Å². The second kappa shape index (κ2) is 10.5. The van der Waals surface area contributed by atoms with Crippen molar-refractivity contribution < 1.29 is 14.3 Å². The van der Waals surface area contributed by atoms with E-state index in [4.69, 9.17) is 15.2 Å². The van der Waals surface area contributed by atoms with E-state index in [-0.39, 0.29) is 17.7 Å². The van der Waals surface area contributed by atoms with Gasteiger partial charge in [-0.3, -0.25) is 4.79 Å². The van der Waals surface area contributed by atoms with Gasteiger partial charge >= 0.3 is 0 Å². The molecule has 0 aliphatic rings. The van der Waals surface area contributed by atoms with Crippen LogP contribution in [0, 0.1) is 11.8 Å². The van der Waals surface area contributed by atoms with Crippen molar-refractivity contribution >= 4 is 5.91 Å². The van der Waals surface area contributed by atoms with Gasteiger partial charge in [0.2, 0.25) is 5.91 Å². The molecule has 102 valence electrons. The van der Waals surface area contributed by atoms with Crippen LogP contribution in [0.3, 0.4) is 0 Å². The molecule has 0 aliphatic carbocycles. The number of hydrogen-bond donors (Lipinski definition) is 2. The molecule has 0 aromatic rings. The Labute approximate surface area is 104 Å². The molecule has 0 aliphatic heterocycles. The van der Waals surface area contributed by atoms with Crippen LogP contribution < -0.4 is 11.1 Å². The standard InChI is InChI=1S/C12H26N2O3/c1-10(2)11(9-13)12(15)14-5-4-6-17-8-7-16-3/h10-11H,4-9,13H2,1-3H3,(H,14,15). The van der Waals surface area contributed by atoms with Crippen LogP contribution in [0.25, 0.3) is 0 Å². The molecule has 5 nitrogen and oxygen atoms in total. The molecule has 1 unspecified atom stereocenters. The Morgan fingerprint density at radius 2 is 2.00 bits per heavy atom. The second-order valence-electron chi connectivity index (χ2n) is 4.34. The average Bonchev–Trinajstić information content (AvgIpc) is 2.28. The molecule has 1 amide bonds.